The van der Waals surface area contributed by atoms with E-state index in [0.717, 1.165) is 15.6 Å². The summed E-state index contributed by atoms with van der Waals surface area (Å²) < 4.78 is 5.66. The van der Waals surface area contributed by atoms with E-state index in [2.05, 4.69) is 27.8 Å². The molecule has 0 aromatic heterocycles. The summed E-state index contributed by atoms with van der Waals surface area (Å²) in [6.07, 6.45) is 0. The zero-order valence-corrected chi connectivity index (χ0v) is 10.2. The molecule has 0 spiro atoms. The summed E-state index contributed by atoms with van der Waals surface area (Å²) in [6.45, 7) is 4.05. The van der Waals surface area contributed by atoms with Crippen LogP contribution in [0.5, 0.6) is 0 Å². The Morgan fingerprint density at radius 1 is 1.53 bits per heavy atom. The minimum absolute atomic E-state index is 0.352. The molecular weight excluding hydrogens is 256 g/mol. The van der Waals surface area contributed by atoms with Crippen molar-refractivity contribution in [2.24, 2.45) is 0 Å². The Bertz CT molecular complexity index is 427. The highest BCUT2D eigenvalue weighted by atomic mass is 79.9. The number of carbonyl (C=O) groups is 1. The summed E-state index contributed by atoms with van der Waals surface area (Å²) in [5, 5.41) is 0. The molecule has 2 nitrogen and oxygen atoms in total. The first-order chi connectivity index (χ1) is 7.13. The summed E-state index contributed by atoms with van der Waals surface area (Å²) in [6, 6.07) is 5.76. The third kappa shape index (κ3) is 3.77. The van der Waals surface area contributed by atoms with Gasteiger partial charge in [0.1, 0.15) is 0 Å². The van der Waals surface area contributed by atoms with E-state index in [9.17, 15) is 4.79 Å². The first-order valence-electron chi connectivity index (χ1n) is 4.58. The van der Waals surface area contributed by atoms with Crippen LogP contribution in [0.3, 0.4) is 0 Å². The average molecular weight is 267 g/mol. The van der Waals surface area contributed by atoms with Crippen LogP contribution < -0.4 is 0 Å². The number of esters is 1. The smallest absolute Gasteiger partial charge is 0.384 e. The number of ether oxygens (including phenoxy) is 1. The lowest BCUT2D eigenvalue weighted by atomic mass is 10.1. The third-order valence-corrected chi connectivity index (χ3v) is 2.27. The first kappa shape index (κ1) is 11.8. The second-order valence-corrected chi connectivity index (χ2v) is 3.85. The van der Waals surface area contributed by atoms with Crippen LogP contribution in [0.1, 0.15) is 18.1 Å². The van der Waals surface area contributed by atoms with Crippen molar-refractivity contribution in [1.82, 2.24) is 0 Å². The summed E-state index contributed by atoms with van der Waals surface area (Å²) in [5.41, 5.74) is 1.87. The number of hydrogen-bond acceptors (Lipinski definition) is 2. The minimum Gasteiger partial charge on any atom is -0.456 e. The molecule has 15 heavy (non-hydrogen) atoms. The van der Waals surface area contributed by atoms with Gasteiger partial charge < -0.3 is 4.74 Å². The monoisotopic (exact) mass is 266 g/mol. The van der Waals surface area contributed by atoms with Crippen molar-refractivity contribution in [3.63, 3.8) is 0 Å². The highest BCUT2D eigenvalue weighted by molar-refractivity contribution is 9.10. The van der Waals surface area contributed by atoms with Gasteiger partial charge in [0.05, 0.1) is 6.61 Å². The van der Waals surface area contributed by atoms with Crippen molar-refractivity contribution < 1.29 is 9.53 Å². The van der Waals surface area contributed by atoms with Crippen LogP contribution in [0.15, 0.2) is 22.7 Å². The summed E-state index contributed by atoms with van der Waals surface area (Å²) in [7, 11) is 0. The fraction of sp³-hybridized carbons (Fsp3) is 0.250. The molecule has 0 bridgehead atoms. The molecule has 0 unspecified atom stereocenters. The molecule has 0 saturated carbocycles. The topological polar surface area (TPSA) is 26.3 Å². The molecule has 0 atom stereocenters. The van der Waals surface area contributed by atoms with Gasteiger partial charge in [-0.15, -0.1) is 0 Å². The number of aryl methyl sites for hydroxylation is 1. The lowest BCUT2D eigenvalue weighted by molar-refractivity contribution is -0.136. The van der Waals surface area contributed by atoms with Crippen LogP contribution in [0.4, 0.5) is 0 Å². The van der Waals surface area contributed by atoms with Gasteiger partial charge in [-0.2, -0.15) is 0 Å². The van der Waals surface area contributed by atoms with Gasteiger partial charge in [0.25, 0.3) is 0 Å². The molecule has 78 valence electrons. The van der Waals surface area contributed by atoms with Gasteiger partial charge in [-0.25, -0.2) is 4.79 Å². The fourth-order valence-corrected chi connectivity index (χ4v) is 1.38. The Labute approximate surface area is 97.8 Å². The van der Waals surface area contributed by atoms with Crippen molar-refractivity contribution in [3.8, 4) is 11.8 Å². The molecule has 0 aliphatic rings. The van der Waals surface area contributed by atoms with Crippen molar-refractivity contribution in [3.05, 3.63) is 33.8 Å². The first-order valence-corrected chi connectivity index (χ1v) is 5.37. The molecule has 0 fully saturated rings. The van der Waals surface area contributed by atoms with Crippen molar-refractivity contribution in [2.75, 3.05) is 6.61 Å². The second kappa shape index (κ2) is 5.57. The summed E-state index contributed by atoms with van der Waals surface area (Å²) >= 11 is 3.35. The van der Waals surface area contributed by atoms with Crippen LogP contribution in [-0.2, 0) is 9.53 Å². The van der Waals surface area contributed by atoms with Crippen molar-refractivity contribution >= 4 is 21.9 Å². The molecule has 0 saturated heterocycles. The highest BCUT2D eigenvalue weighted by Crippen LogP contribution is 2.14. The Morgan fingerprint density at radius 3 is 2.93 bits per heavy atom. The molecule has 3 heteroatoms. The average Bonchev–Trinajstić information content (AvgIpc) is 2.20. The van der Waals surface area contributed by atoms with Gasteiger partial charge in [-0.05, 0) is 31.5 Å². The van der Waals surface area contributed by atoms with E-state index < -0.39 is 5.97 Å². The number of hydrogen-bond donors (Lipinski definition) is 0. The van der Waals surface area contributed by atoms with Gasteiger partial charge in [0, 0.05) is 16.0 Å². The van der Waals surface area contributed by atoms with E-state index in [1.165, 1.54) is 0 Å². The maximum absolute atomic E-state index is 11.0. The van der Waals surface area contributed by atoms with Gasteiger partial charge in [-0.3, -0.25) is 0 Å². The van der Waals surface area contributed by atoms with Crippen LogP contribution in [0, 0.1) is 18.8 Å². The molecule has 0 aliphatic heterocycles. The largest absolute Gasteiger partial charge is 0.456 e. The highest BCUT2D eigenvalue weighted by Gasteiger charge is 1.97. The van der Waals surface area contributed by atoms with Gasteiger partial charge in [0.15, 0.2) is 0 Å². The minimum atomic E-state index is -0.489. The number of rotatable bonds is 1. The number of benzene rings is 1. The fourth-order valence-electron chi connectivity index (χ4n) is 1.01. The van der Waals surface area contributed by atoms with Crippen LogP contribution >= 0.6 is 15.9 Å². The maximum atomic E-state index is 11.0. The quantitative estimate of drug-likeness (QED) is 0.577. The zero-order chi connectivity index (χ0) is 11.3. The molecule has 0 N–H and O–H groups in total. The Balaban J connectivity index is 2.88. The van der Waals surface area contributed by atoms with Crippen molar-refractivity contribution in [2.45, 2.75) is 13.8 Å². The second-order valence-electron chi connectivity index (χ2n) is 2.93. The number of halogens is 1. The predicted molar refractivity (Wildman–Crippen MR) is 62.4 cm³/mol. The molecule has 0 aliphatic carbocycles. The van der Waals surface area contributed by atoms with E-state index in [1.807, 2.05) is 25.1 Å². The molecule has 0 heterocycles. The van der Waals surface area contributed by atoms with E-state index in [1.54, 1.807) is 6.92 Å². The molecular formula is C12H11BrO2. The van der Waals surface area contributed by atoms with Gasteiger partial charge >= 0.3 is 5.97 Å². The van der Waals surface area contributed by atoms with E-state index in [4.69, 9.17) is 4.74 Å². The van der Waals surface area contributed by atoms with E-state index in [-0.39, 0.29) is 0 Å². The molecule has 0 radical (unpaired) electrons. The summed E-state index contributed by atoms with van der Waals surface area (Å²) in [5.74, 6) is 4.73. The molecule has 1 aromatic rings. The SMILES string of the molecule is CCOC(=O)C#Cc1cc(Br)ccc1C. The number of carbonyl (C=O) groups excluding carboxylic acids is 1. The summed E-state index contributed by atoms with van der Waals surface area (Å²) in [4.78, 5) is 11.0. The van der Waals surface area contributed by atoms with Crippen molar-refractivity contribution in [1.29, 1.82) is 0 Å². The van der Waals surface area contributed by atoms with E-state index in [0.29, 0.717) is 6.61 Å². The molecule has 0 amide bonds. The molecule has 1 aromatic carbocycles. The van der Waals surface area contributed by atoms with Gasteiger partial charge in [0.2, 0.25) is 0 Å². The molecule has 1 rings (SSSR count). The maximum Gasteiger partial charge on any atom is 0.384 e. The Hall–Kier alpha value is -1.27. The van der Waals surface area contributed by atoms with Crippen LogP contribution in [0.2, 0.25) is 0 Å². The standard InChI is InChI=1S/C12H11BrO2/c1-3-15-12(14)7-5-10-8-11(13)6-4-9(10)2/h4,6,8H,3H2,1-2H3. The predicted octanol–water partition coefficient (Wildman–Crippen LogP) is 2.67. The Kier molecular flexibility index (Phi) is 4.38. The lowest BCUT2D eigenvalue weighted by Crippen LogP contribution is -1.99. The van der Waals surface area contributed by atoms with Crippen LogP contribution in [-0.4, -0.2) is 12.6 Å². The zero-order valence-electron chi connectivity index (χ0n) is 8.63. The van der Waals surface area contributed by atoms with E-state index >= 15 is 0 Å². The van der Waals surface area contributed by atoms with Crippen LogP contribution in [0.25, 0.3) is 0 Å². The lowest BCUT2D eigenvalue weighted by Gasteiger charge is -1.97. The van der Waals surface area contributed by atoms with Gasteiger partial charge in [-0.1, -0.05) is 27.9 Å². The Morgan fingerprint density at radius 2 is 2.27 bits per heavy atom. The third-order valence-electron chi connectivity index (χ3n) is 1.77. The normalized spacial score (nSPS) is 9.00.